The summed E-state index contributed by atoms with van der Waals surface area (Å²) in [4.78, 5) is 16.4. The molecule has 40 heavy (non-hydrogen) atoms. The van der Waals surface area contributed by atoms with Crippen molar-refractivity contribution in [3.8, 4) is 11.8 Å². The maximum absolute atomic E-state index is 16.5. The van der Waals surface area contributed by atoms with Gasteiger partial charge in [0.15, 0.2) is 0 Å². The van der Waals surface area contributed by atoms with Crippen LogP contribution >= 0.6 is 12.4 Å². The van der Waals surface area contributed by atoms with Crippen molar-refractivity contribution in [2.75, 3.05) is 6.54 Å². The zero-order valence-electron chi connectivity index (χ0n) is 20.4. The average molecular weight is 579 g/mol. The van der Waals surface area contributed by atoms with E-state index in [2.05, 4.69) is 32.4 Å². The van der Waals surface area contributed by atoms with Gasteiger partial charge in [-0.15, -0.1) is 17.5 Å². The van der Waals surface area contributed by atoms with Crippen molar-refractivity contribution in [2.24, 2.45) is 5.73 Å². The quantitative estimate of drug-likeness (QED) is 0.192. The summed E-state index contributed by atoms with van der Waals surface area (Å²) in [5, 5.41) is 10.3. The summed E-state index contributed by atoms with van der Waals surface area (Å²) in [6.45, 7) is -1.20. The highest BCUT2D eigenvalue weighted by Crippen LogP contribution is 2.49. The van der Waals surface area contributed by atoms with E-state index in [1.165, 1.54) is 30.3 Å². The third-order valence-electron chi connectivity index (χ3n) is 5.57. The fourth-order valence-electron chi connectivity index (χ4n) is 3.70. The molecular formula is C26H20ClF5N6O2. The van der Waals surface area contributed by atoms with Gasteiger partial charge in [-0.1, -0.05) is 11.8 Å². The number of hydrogen-bond donors (Lipinski definition) is 1. The zero-order chi connectivity index (χ0) is 28.0. The van der Waals surface area contributed by atoms with Crippen LogP contribution in [-0.4, -0.2) is 37.7 Å². The van der Waals surface area contributed by atoms with Gasteiger partial charge in [-0.2, -0.15) is 8.78 Å². The number of carbonyl (C=O) groups is 1. The first-order chi connectivity index (χ1) is 18.6. The van der Waals surface area contributed by atoms with Crippen molar-refractivity contribution in [1.29, 1.82) is 0 Å². The molecule has 0 saturated carbocycles. The first-order valence-electron chi connectivity index (χ1n) is 11.3. The van der Waals surface area contributed by atoms with E-state index >= 15 is 13.2 Å². The molecular weight excluding hydrogens is 559 g/mol. The Kier molecular flexibility index (Phi) is 9.51. The maximum atomic E-state index is 16.5. The number of halogens is 6. The van der Waals surface area contributed by atoms with Gasteiger partial charge in [0.05, 0.1) is 13.0 Å². The molecule has 0 fully saturated rings. The monoisotopic (exact) mass is 578 g/mol. The second kappa shape index (κ2) is 12.6. The fraction of sp³-hybridized carbons (Fsp3) is 0.192. The highest BCUT2D eigenvalue weighted by Gasteiger charge is 2.62. The highest BCUT2D eigenvalue weighted by molar-refractivity contribution is 5.85. The topological polar surface area (TPSA) is 109 Å². The van der Waals surface area contributed by atoms with Gasteiger partial charge in [-0.25, -0.2) is 17.9 Å². The number of esters is 1. The number of hydrogen-bond acceptors (Lipinski definition) is 7. The van der Waals surface area contributed by atoms with Gasteiger partial charge < -0.3 is 10.5 Å². The summed E-state index contributed by atoms with van der Waals surface area (Å²) in [5.41, 5.74) is 1.25. The van der Waals surface area contributed by atoms with Crippen LogP contribution in [0.15, 0.2) is 67.1 Å². The first-order valence-corrected chi connectivity index (χ1v) is 11.3. The molecule has 0 saturated heterocycles. The van der Waals surface area contributed by atoms with E-state index in [1.807, 2.05) is 0 Å². The third kappa shape index (κ3) is 6.41. The van der Waals surface area contributed by atoms with Gasteiger partial charge in [0.2, 0.25) is 5.60 Å². The Labute approximate surface area is 230 Å². The Hall–Kier alpha value is -4.41. The normalized spacial score (nSPS) is 12.4. The molecule has 8 nitrogen and oxygen atoms in total. The minimum atomic E-state index is -4.22. The number of aromatic nitrogens is 5. The van der Waals surface area contributed by atoms with Crippen molar-refractivity contribution in [3.05, 3.63) is 107 Å². The average Bonchev–Trinajstić information content (AvgIpc) is 3.41. The number of tetrazole rings is 1. The molecule has 208 valence electrons. The van der Waals surface area contributed by atoms with Crippen LogP contribution in [0.3, 0.4) is 0 Å². The number of pyridine rings is 1. The van der Waals surface area contributed by atoms with Gasteiger partial charge in [-0.3, -0.25) is 9.78 Å². The van der Waals surface area contributed by atoms with E-state index in [4.69, 9.17) is 10.5 Å². The zero-order valence-corrected chi connectivity index (χ0v) is 21.2. The van der Waals surface area contributed by atoms with Crippen molar-refractivity contribution in [3.63, 3.8) is 0 Å². The molecule has 0 spiro atoms. The molecule has 0 aliphatic heterocycles. The predicted molar refractivity (Wildman–Crippen MR) is 133 cm³/mol. The third-order valence-corrected chi connectivity index (χ3v) is 5.57. The van der Waals surface area contributed by atoms with Crippen molar-refractivity contribution < 1.29 is 31.5 Å². The number of benzene rings is 2. The first kappa shape index (κ1) is 30.1. The van der Waals surface area contributed by atoms with Crippen molar-refractivity contribution in [1.82, 2.24) is 25.2 Å². The molecule has 0 radical (unpaired) electrons. The van der Waals surface area contributed by atoms with Crippen molar-refractivity contribution in [2.45, 2.75) is 24.5 Å². The van der Waals surface area contributed by atoms with Gasteiger partial charge in [-0.05, 0) is 59.0 Å². The summed E-state index contributed by atoms with van der Waals surface area (Å²) < 4.78 is 81.0. The lowest BCUT2D eigenvalue weighted by atomic mass is 9.84. The lowest BCUT2D eigenvalue weighted by Gasteiger charge is -2.39. The summed E-state index contributed by atoms with van der Waals surface area (Å²) >= 11 is 0. The molecule has 0 bridgehead atoms. The SMILES string of the molecule is Cl.NCCC(=O)OC(Cn1cnnn1)(c1ccc(F)cc1F)C(F)(F)c1ccc(C#Cc2ccc(F)cc2)cn1. The van der Waals surface area contributed by atoms with E-state index in [1.54, 1.807) is 0 Å². The minimum Gasteiger partial charge on any atom is -0.445 e. The molecule has 0 aliphatic carbocycles. The van der Waals surface area contributed by atoms with Gasteiger partial charge in [0.1, 0.15) is 29.5 Å². The van der Waals surface area contributed by atoms with Crippen molar-refractivity contribution >= 4 is 18.4 Å². The number of alkyl halides is 2. The number of rotatable bonds is 8. The Balaban J connectivity index is 0.00000441. The number of nitrogens with two attached hydrogens (primary N) is 1. The van der Waals surface area contributed by atoms with E-state index in [0.29, 0.717) is 11.6 Å². The molecule has 2 heterocycles. The molecule has 2 aromatic heterocycles. The molecule has 4 rings (SSSR count). The van der Waals surface area contributed by atoms with Crippen LogP contribution < -0.4 is 5.73 Å². The Morgan fingerprint density at radius 1 is 0.975 bits per heavy atom. The molecule has 2 aromatic carbocycles. The Morgan fingerprint density at radius 3 is 2.25 bits per heavy atom. The number of nitrogens with zero attached hydrogens (tertiary/aromatic N) is 5. The molecule has 4 aromatic rings. The van der Waals surface area contributed by atoms with E-state index in [0.717, 1.165) is 35.4 Å². The lowest BCUT2D eigenvalue weighted by Crippen LogP contribution is -2.51. The maximum Gasteiger partial charge on any atom is 0.334 e. The van der Waals surface area contributed by atoms with Gasteiger partial charge in [0.25, 0.3) is 0 Å². The summed E-state index contributed by atoms with van der Waals surface area (Å²) in [6, 6.07) is 9.38. The van der Waals surface area contributed by atoms with E-state index < -0.39 is 59.2 Å². The summed E-state index contributed by atoms with van der Waals surface area (Å²) in [5.74, 6) is -2.80. The standard InChI is InChI=1S/C26H19F5N6O2.ClH/c27-19-6-3-17(4-7-19)1-2-18-5-10-23(33-14-18)26(30,31)25(39-24(38)11-12-32,15-37-16-34-35-36-37)21-9-8-20(28)13-22(21)29;/h3-10,13-14,16H,11-12,15,32H2;1H. The highest BCUT2D eigenvalue weighted by atomic mass is 35.5. The molecule has 1 unspecified atom stereocenters. The largest absolute Gasteiger partial charge is 0.445 e. The van der Waals surface area contributed by atoms with Crippen LogP contribution in [0.5, 0.6) is 0 Å². The van der Waals surface area contributed by atoms with Crippen LogP contribution in [0.4, 0.5) is 22.0 Å². The minimum absolute atomic E-state index is 0. The summed E-state index contributed by atoms with van der Waals surface area (Å²) in [7, 11) is 0. The lowest BCUT2D eigenvalue weighted by molar-refractivity contribution is -0.232. The second-order valence-electron chi connectivity index (χ2n) is 8.23. The smallest absolute Gasteiger partial charge is 0.334 e. The van der Waals surface area contributed by atoms with Gasteiger partial charge >= 0.3 is 11.9 Å². The molecule has 2 N–H and O–H groups in total. The van der Waals surface area contributed by atoms with Crippen LogP contribution in [0.25, 0.3) is 0 Å². The Morgan fingerprint density at radius 2 is 1.65 bits per heavy atom. The molecule has 1 atom stereocenters. The van der Waals surface area contributed by atoms with Crippen LogP contribution in [0.2, 0.25) is 0 Å². The molecule has 0 aliphatic rings. The van der Waals surface area contributed by atoms with Crippen LogP contribution in [-0.2, 0) is 27.6 Å². The molecule has 0 amide bonds. The second-order valence-corrected chi connectivity index (χ2v) is 8.23. The predicted octanol–water partition coefficient (Wildman–Crippen LogP) is 3.89. The summed E-state index contributed by atoms with van der Waals surface area (Å²) in [6.07, 6.45) is 1.54. The number of ether oxygens (including phenoxy) is 1. The van der Waals surface area contributed by atoms with Crippen LogP contribution in [0, 0.1) is 29.3 Å². The molecule has 14 heteroatoms. The fourth-order valence-corrected chi connectivity index (χ4v) is 3.70. The number of carbonyl (C=O) groups excluding carboxylic acids is 1. The van der Waals surface area contributed by atoms with Crippen LogP contribution in [0.1, 0.15) is 28.8 Å². The van der Waals surface area contributed by atoms with Gasteiger partial charge in [0, 0.05) is 35.5 Å². The van der Waals surface area contributed by atoms with E-state index in [-0.39, 0.29) is 24.5 Å². The Bertz CT molecular complexity index is 1510. The van der Waals surface area contributed by atoms with E-state index in [9.17, 15) is 13.6 Å².